The van der Waals surface area contributed by atoms with Crippen LogP contribution in [0, 0.1) is 0 Å². The minimum absolute atomic E-state index is 0.804. The molecular formula is C13H18N2O. The second kappa shape index (κ2) is 5.66. The first kappa shape index (κ1) is 11.1. The van der Waals surface area contributed by atoms with Crippen LogP contribution in [0.4, 0.5) is 0 Å². The third-order valence-electron chi connectivity index (χ3n) is 2.85. The summed E-state index contributed by atoms with van der Waals surface area (Å²) in [6, 6.07) is 7.94. The molecule has 0 atom stereocenters. The average Bonchev–Trinajstić information content (AvgIpc) is 2.83. The summed E-state index contributed by atoms with van der Waals surface area (Å²) in [5, 5.41) is 0. The molecule has 3 heteroatoms. The van der Waals surface area contributed by atoms with E-state index in [-0.39, 0.29) is 0 Å². The van der Waals surface area contributed by atoms with Crippen LogP contribution in [-0.2, 0) is 0 Å². The number of likely N-dealkylation sites (tertiary alicyclic amines) is 1. The number of para-hydroxylation sites is 1. The summed E-state index contributed by atoms with van der Waals surface area (Å²) in [7, 11) is 1.69. The molecule has 0 aliphatic carbocycles. The largest absolute Gasteiger partial charge is 0.496 e. The van der Waals surface area contributed by atoms with Gasteiger partial charge in [0.25, 0.3) is 0 Å². The molecule has 16 heavy (non-hydrogen) atoms. The number of hydrogen-bond acceptors (Lipinski definition) is 3. The molecule has 1 heterocycles. The second-order valence-electron chi connectivity index (χ2n) is 4.02. The van der Waals surface area contributed by atoms with Gasteiger partial charge in [-0.3, -0.25) is 9.89 Å². The van der Waals surface area contributed by atoms with Crippen molar-refractivity contribution in [1.82, 2.24) is 4.90 Å². The van der Waals surface area contributed by atoms with Crippen molar-refractivity contribution in [3.63, 3.8) is 0 Å². The summed E-state index contributed by atoms with van der Waals surface area (Å²) in [6.45, 7) is 3.17. The fraction of sp³-hybridized carbons (Fsp3) is 0.462. The minimum atomic E-state index is 0.804. The Morgan fingerprint density at radius 2 is 2.06 bits per heavy atom. The molecule has 1 aromatic carbocycles. The monoisotopic (exact) mass is 218 g/mol. The van der Waals surface area contributed by atoms with Crippen molar-refractivity contribution >= 4 is 6.21 Å². The molecule has 0 saturated carbocycles. The average molecular weight is 218 g/mol. The summed E-state index contributed by atoms with van der Waals surface area (Å²) < 4.78 is 5.26. The molecule has 1 aliphatic rings. The molecule has 1 aromatic rings. The molecule has 0 amide bonds. The Bertz CT molecular complexity index is 357. The van der Waals surface area contributed by atoms with E-state index in [0.717, 1.165) is 18.0 Å². The van der Waals surface area contributed by atoms with E-state index in [4.69, 9.17) is 4.74 Å². The van der Waals surface area contributed by atoms with Gasteiger partial charge in [-0.2, -0.15) is 0 Å². The van der Waals surface area contributed by atoms with Crippen molar-refractivity contribution in [3.8, 4) is 5.75 Å². The Morgan fingerprint density at radius 1 is 1.31 bits per heavy atom. The van der Waals surface area contributed by atoms with E-state index in [1.807, 2.05) is 30.5 Å². The van der Waals surface area contributed by atoms with Crippen molar-refractivity contribution < 1.29 is 4.74 Å². The van der Waals surface area contributed by atoms with Gasteiger partial charge in [0.2, 0.25) is 0 Å². The smallest absolute Gasteiger partial charge is 0.127 e. The molecule has 1 fully saturated rings. The highest BCUT2D eigenvalue weighted by atomic mass is 16.5. The van der Waals surface area contributed by atoms with Crippen molar-refractivity contribution in [1.29, 1.82) is 0 Å². The van der Waals surface area contributed by atoms with Crippen LogP contribution in [0.1, 0.15) is 18.4 Å². The molecular weight excluding hydrogens is 200 g/mol. The molecule has 1 aliphatic heterocycles. The Morgan fingerprint density at radius 3 is 2.81 bits per heavy atom. The van der Waals surface area contributed by atoms with Gasteiger partial charge in [0.15, 0.2) is 0 Å². The zero-order chi connectivity index (χ0) is 11.2. The summed E-state index contributed by atoms with van der Waals surface area (Å²) in [5.74, 6) is 0.882. The molecule has 0 unspecified atom stereocenters. The van der Waals surface area contributed by atoms with E-state index in [1.54, 1.807) is 7.11 Å². The number of ether oxygens (including phenoxy) is 1. The van der Waals surface area contributed by atoms with Crippen molar-refractivity contribution in [3.05, 3.63) is 29.8 Å². The van der Waals surface area contributed by atoms with Crippen LogP contribution in [0.2, 0.25) is 0 Å². The van der Waals surface area contributed by atoms with Crippen LogP contribution in [0.25, 0.3) is 0 Å². The highest BCUT2D eigenvalue weighted by Crippen LogP contribution is 2.15. The molecule has 0 radical (unpaired) electrons. The quantitative estimate of drug-likeness (QED) is 0.723. The zero-order valence-corrected chi connectivity index (χ0v) is 9.72. The van der Waals surface area contributed by atoms with E-state index in [2.05, 4.69) is 9.89 Å². The minimum Gasteiger partial charge on any atom is -0.496 e. The predicted octanol–water partition coefficient (Wildman–Crippen LogP) is 2.17. The van der Waals surface area contributed by atoms with Gasteiger partial charge in [-0.05, 0) is 38.1 Å². The Labute approximate surface area is 96.7 Å². The van der Waals surface area contributed by atoms with Crippen molar-refractivity contribution in [2.75, 3.05) is 26.9 Å². The van der Waals surface area contributed by atoms with E-state index in [9.17, 15) is 0 Å². The lowest BCUT2D eigenvalue weighted by molar-refractivity contribution is 0.352. The molecule has 2 rings (SSSR count). The van der Waals surface area contributed by atoms with Crippen molar-refractivity contribution in [2.24, 2.45) is 4.99 Å². The normalized spacial score (nSPS) is 17.1. The third-order valence-corrected chi connectivity index (χ3v) is 2.85. The number of methoxy groups -OCH3 is 1. The van der Waals surface area contributed by atoms with Gasteiger partial charge in [0.1, 0.15) is 5.75 Å². The number of rotatable bonds is 4. The van der Waals surface area contributed by atoms with Crippen LogP contribution in [0.5, 0.6) is 5.75 Å². The summed E-state index contributed by atoms with van der Waals surface area (Å²) in [5.41, 5.74) is 1.05. The number of nitrogens with zero attached hydrogens (tertiary/aromatic N) is 2. The van der Waals surface area contributed by atoms with Gasteiger partial charge >= 0.3 is 0 Å². The number of aliphatic imine (C=N–C) groups is 1. The van der Waals surface area contributed by atoms with Crippen LogP contribution < -0.4 is 4.74 Å². The first-order valence-corrected chi connectivity index (χ1v) is 5.75. The Hall–Kier alpha value is -1.35. The Kier molecular flexibility index (Phi) is 3.94. The van der Waals surface area contributed by atoms with E-state index >= 15 is 0 Å². The van der Waals surface area contributed by atoms with Gasteiger partial charge < -0.3 is 4.74 Å². The highest BCUT2D eigenvalue weighted by Gasteiger charge is 2.09. The first-order valence-electron chi connectivity index (χ1n) is 5.75. The van der Waals surface area contributed by atoms with E-state index < -0.39 is 0 Å². The first-order chi connectivity index (χ1) is 7.90. The van der Waals surface area contributed by atoms with Crippen LogP contribution in [-0.4, -0.2) is 38.0 Å². The van der Waals surface area contributed by atoms with Crippen LogP contribution in [0.15, 0.2) is 29.3 Å². The van der Waals surface area contributed by atoms with Gasteiger partial charge in [0, 0.05) is 11.8 Å². The van der Waals surface area contributed by atoms with Gasteiger partial charge in [0.05, 0.1) is 13.8 Å². The van der Waals surface area contributed by atoms with Crippen LogP contribution in [0.3, 0.4) is 0 Å². The lowest BCUT2D eigenvalue weighted by Gasteiger charge is -2.10. The molecule has 3 nitrogen and oxygen atoms in total. The van der Waals surface area contributed by atoms with Gasteiger partial charge in [-0.15, -0.1) is 0 Å². The lowest BCUT2D eigenvalue weighted by atomic mass is 10.2. The second-order valence-corrected chi connectivity index (χ2v) is 4.02. The fourth-order valence-electron chi connectivity index (χ4n) is 1.95. The maximum absolute atomic E-state index is 5.26. The molecule has 86 valence electrons. The summed E-state index contributed by atoms with van der Waals surface area (Å²) >= 11 is 0. The highest BCUT2D eigenvalue weighted by molar-refractivity contribution is 5.83. The topological polar surface area (TPSA) is 24.8 Å². The molecule has 1 saturated heterocycles. The number of benzene rings is 1. The maximum Gasteiger partial charge on any atom is 0.127 e. The molecule has 0 bridgehead atoms. The number of hydrogen-bond donors (Lipinski definition) is 0. The molecule has 0 spiro atoms. The van der Waals surface area contributed by atoms with Gasteiger partial charge in [-0.25, -0.2) is 0 Å². The van der Waals surface area contributed by atoms with Crippen molar-refractivity contribution in [2.45, 2.75) is 12.8 Å². The van der Waals surface area contributed by atoms with E-state index in [1.165, 1.54) is 25.9 Å². The van der Waals surface area contributed by atoms with E-state index in [0.29, 0.717) is 0 Å². The molecule has 0 N–H and O–H groups in total. The summed E-state index contributed by atoms with van der Waals surface area (Å²) in [6.07, 6.45) is 4.52. The lowest BCUT2D eigenvalue weighted by Crippen LogP contribution is -2.18. The SMILES string of the molecule is COc1ccccc1/C=N/CN1CCCC1. The van der Waals surface area contributed by atoms with Gasteiger partial charge in [-0.1, -0.05) is 12.1 Å². The van der Waals surface area contributed by atoms with Crippen LogP contribution >= 0.6 is 0 Å². The molecule has 0 aromatic heterocycles. The zero-order valence-electron chi connectivity index (χ0n) is 9.72. The fourth-order valence-corrected chi connectivity index (χ4v) is 1.95. The third kappa shape index (κ3) is 2.83. The Balaban J connectivity index is 1.94. The maximum atomic E-state index is 5.26. The summed E-state index contributed by atoms with van der Waals surface area (Å²) in [4.78, 5) is 6.82. The standard InChI is InChI=1S/C13H18N2O/c1-16-13-7-3-2-6-12(13)10-14-11-15-8-4-5-9-15/h2-3,6-7,10H,4-5,8-9,11H2,1H3/b14-10+. The predicted molar refractivity (Wildman–Crippen MR) is 66.3 cm³/mol.